The van der Waals surface area contributed by atoms with Crippen LogP contribution in [0.4, 0.5) is 0 Å². The van der Waals surface area contributed by atoms with Crippen LogP contribution in [0.25, 0.3) is 32.4 Å². The number of rotatable bonds is 2. The minimum absolute atomic E-state index is 0.0921. The quantitative estimate of drug-likeness (QED) is 0.537. The molecule has 3 aromatic heterocycles. The molecule has 0 atom stereocenters. The molecule has 5 rings (SSSR count). The summed E-state index contributed by atoms with van der Waals surface area (Å²) < 4.78 is 17.6. The summed E-state index contributed by atoms with van der Waals surface area (Å²) >= 11 is 1.36. The molecule has 0 fully saturated rings. The van der Waals surface area contributed by atoms with E-state index in [0.29, 0.717) is 33.4 Å². The minimum atomic E-state index is -0.0921. The van der Waals surface area contributed by atoms with Crippen molar-refractivity contribution in [3.8, 4) is 33.7 Å². The first-order chi connectivity index (χ1) is 12.6. The van der Waals surface area contributed by atoms with Crippen molar-refractivity contribution < 1.29 is 14.0 Å². The van der Waals surface area contributed by atoms with Crippen LogP contribution in [-0.4, -0.2) is 26.5 Å². The molecule has 0 saturated carbocycles. The van der Waals surface area contributed by atoms with E-state index in [4.69, 9.17) is 14.0 Å². The van der Waals surface area contributed by atoms with E-state index in [9.17, 15) is 4.79 Å². The zero-order valence-electron chi connectivity index (χ0n) is 13.8. The van der Waals surface area contributed by atoms with E-state index < -0.39 is 0 Å². The van der Waals surface area contributed by atoms with Gasteiger partial charge in [-0.25, -0.2) is 4.98 Å². The number of nitrogens with zero attached hydrogens (tertiary/aromatic N) is 4. The predicted molar refractivity (Wildman–Crippen MR) is 94.4 cm³/mol. The van der Waals surface area contributed by atoms with Crippen LogP contribution in [-0.2, 0) is 7.05 Å². The van der Waals surface area contributed by atoms with Gasteiger partial charge in [-0.05, 0) is 30.7 Å². The third-order valence-electron chi connectivity index (χ3n) is 4.26. The number of fused-ring (bicyclic) bond motifs is 2. The third kappa shape index (κ3) is 2.14. The molecule has 0 amide bonds. The largest absolute Gasteiger partial charge is 0.454 e. The first-order valence-electron chi connectivity index (χ1n) is 7.80. The van der Waals surface area contributed by atoms with Crippen LogP contribution in [0.15, 0.2) is 33.8 Å². The van der Waals surface area contributed by atoms with Gasteiger partial charge in [-0.2, -0.15) is 4.98 Å². The summed E-state index contributed by atoms with van der Waals surface area (Å²) in [5, 5.41) is 4.64. The lowest BCUT2D eigenvalue weighted by Gasteiger charge is -1.97. The van der Waals surface area contributed by atoms with Crippen molar-refractivity contribution in [1.29, 1.82) is 0 Å². The second-order valence-corrected chi connectivity index (χ2v) is 6.89. The van der Waals surface area contributed by atoms with Crippen LogP contribution in [0.5, 0.6) is 11.5 Å². The molecule has 4 aromatic rings. The second kappa shape index (κ2) is 5.40. The van der Waals surface area contributed by atoms with E-state index in [1.165, 1.54) is 22.2 Å². The van der Waals surface area contributed by atoms with Gasteiger partial charge in [0.05, 0.1) is 16.6 Å². The van der Waals surface area contributed by atoms with Crippen molar-refractivity contribution in [2.75, 3.05) is 6.79 Å². The Labute approximate surface area is 150 Å². The number of hydrogen-bond acceptors (Lipinski definition) is 8. The molecular formula is C17H12N4O4S. The van der Waals surface area contributed by atoms with Gasteiger partial charge in [-0.15, -0.1) is 11.3 Å². The molecule has 4 heterocycles. The number of ether oxygens (including phenoxy) is 2. The highest BCUT2D eigenvalue weighted by molar-refractivity contribution is 7.22. The smallest absolute Gasteiger partial charge is 0.268 e. The summed E-state index contributed by atoms with van der Waals surface area (Å²) in [6, 6.07) is 5.47. The Morgan fingerprint density at radius 3 is 2.96 bits per heavy atom. The van der Waals surface area contributed by atoms with Gasteiger partial charge < -0.3 is 18.6 Å². The monoisotopic (exact) mass is 368 g/mol. The standard InChI is InChI=1S/C17H12N4O4S/c1-8-12-16(18-6-21(2)17(12)22)26-13(8)15-19-14(20-25-15)9-3-4-10-11(5-9)24-7-23-10/h3-6H,7H2,1-2H3. The Morgan fingerprint density at radius 2 is 2.08 bits per heavy atom. The van der Waals surface area contributed by atoms with Gasteiger partial charge in [0.25, 0.3) is 11.4 Å². The molecule has 26 heavy (non-hydrogen) atoms. The molecule has 0 unspecified atom stereocenters. The van der Waals surface area contributed by atoms with Crippen LogP contribution in [0, 0.1) is 6.92 Å². The molecule has 1 aromatic carbocycles. The molecule has 0 N–H and O–H groups in total. The summed E-state index contributed by atoms with van der Waals surface area (Å²) in [7, 11) is 1.68. The number of hydrogen-bond donors (Lipinski definition) is 0. The van der Waals surface area contributed by atoms with Gasteiger partial charge in [0.15, 0.2) is 11.5 Å². The van der Waals surface area contributed by atoms with Crippen LogP contribution in [0.1, 0.15) is 5.56 Å². The topological polar surface area (TPSA) is 92.3 Å². The van der Waals surface area contributed by atoms with E-state index in [2.05, 4.69) is 15.1 Å². The Hall–Kier alpha value is -3.20. The Bertz CT molecular complexity index is 1220. The summed E-state index contributed by atoms with van der Waals surface area (Å²) in [6.45, 7) is 2.07. The van der Waals surface area contributed by atoms with E-state index in [0.717, 1.165) is 16.0 Å². The van der Waals surface area contributed by atoms with Crippen LogP contribution >= 0.6 is 11.3 Å². The minimum Gasteiger partial charge on any atom is -0.454 e. The zero-order chi connectivity index (χ0) is 17.8. The molecule has 9 heteroatoms. The average Bonchev–Trinajstić information content (AvgIpc) is 3.36. The Kier molecular flexibility index (Phi) is 3.13. The van der Waals surface area contributed by atoms with Crippen molar-refractivity contribution >= 4 is 21.6 Å². The Morgan fingerprint density at radius 1 is 1.23 bits per heavy atom. The van der Waals surface area contributed by atoms with Crippen molar-refractivity contribution in [2.24, 2.45) is 7.05 Å². The highest BCUT2D eigenvalue weighted by Crippen LogP contribution is 2.37. The molecule has 8 nitrogen and oxygen atoms in total. The second-order valence-electron chi connectivity index (χ2n) is 5.89. The maximum Gasteiger partial charge on any atom is 0.268 e. The van der Waals surface area contributed by atoms with Gasteiger partial charge in [0.1, 0.15) is 4.83 Å². The summed E-state index contributed by atoms with van der Waals surface area (Å²) in [5.41, 5.74) is 1.46. The lowest BCUT2D eigenvalue weighted by atomic mass is 10.2. The number of thiophene rings is 1. The SMILES string of the molecule is Cc1c(-c2nc(-c3ccc4c(c3)OCO4)no2)sc2ncn(C)c(=O)c12. The van der Waals surface area contributed by atoms with Crippen molar-refractivity contribution in [1.82, 2.24) is 19.7 Å². The predicted octanol–water partition coefficient (Wildman–Crippen LogP) is 2.75. The molecule has 0 spiro atoms. The maximum absolute atomic E-state index is 12.4. The third-order valence-corrected chi connectivity index (χ3v) is 5.45. The maximum atomic E-state index is 12.4. The fraction of sp³-hybridized carbons (Fsp3) is 0.176. The van der Waals surface area contributed by atoms with E-state index >= 15 is 0 Å². The Balaban J connectivity index is 1.61. The molecule has 0 bridgehead atoms. The van der Waals surface area contributed by atoms with Crippen molar-refractivity contribution in [3.63, 3.8) is 0 Å². The summed E-state index contributed by atoms with van der Waals surface area (Å²) in [4.78, 5) is 22.6. The molecule has 1 aliphatic heterocycles. The first kappa shape index (κ1) is 15.1. The summed E-state index contributed by atoms with van der Waals surface area (Å²) in [5.74, 6) is 2.15. The highest BCUT2D eigenvalue weighted by atomic mass is 32.1. The highest BCUT2D eigenvalue weighted by Gasteiger charge is 2.21. The average molecular weight is 368 g/mol. The van der Waals surface area contributed by atoms with Crippen LogP contribution < -0.4 is 15.0 Å². The first-order valence-corrected chi connectivity index (χ1v) is 8.62. The molecule has 0 saturated heterocycles. The number of aryl methyl sites for hydroxylation is 2. The van der Waals surface area contributed by atoms with Gasteiger partial charge >= 0.3 is 0 Å². The zero-order valence-corrected chi connectivity index (χ0v) is 14.7. The normalized spacial score (nSPS) is 12.8. The van der Waals surface area contributed by atoms with Gasteiger partial charge in [0, 0.05) is 12.6 Å². The molecule has 0 radical (unpaired) electrons. The number of benzene rings is 1. The lowest BCUT2D eigenvalue weighted by Crippen LogP contribution is -2.16. The van der Waals surface area contributed by atoms with Gasteiger partial charge in [-0.1, -0.05) is 5.16 Å². The lowest BCUT2D eigenvalue weighted by molar-refractivity contribution is 0.174. The summed E-state index contributed by atoms with van der Waals surface area (Å²) in [6.07, 6.45) is 1.51. The fourth-order valence-corrected chi connectivity index (χ4v) is 3.94. The fourth-order valence-electron chi connectivity index (χ4n) is 2.88. The molecular weight excluding hydrogens is 356 g/mol. The molecule has 1 aliphatic rings. The van der Waals surface area contributed by atoms with Crippen LogP contribution in [0.2, 0.25) is 0 Å². The van der Waals surface area contributed by atoms with E-state index in [-0.39, 0.29) is 12.4 Å². The van der Waals surface area contributed by atoms with Gasteiger partial charge in [-0.3, -0.25) is 4.79 Å². The van der Waals surface area contributed by atoms with Crippen molar-refractivity contribution in [2.45, 2.75) is 6.92 Å². The van der Waals surface area contributed by atoms with Crippen molar-refractivity contribution in [3.05, 3.63) is 40.4 Å². The molecule has 0 aliphatic carbocycles. The van der Waals surface area contributed by atoms with E-state index in [1.807, 2.05) is 25.1 Å². The van der Waals surface area contributed by atoms with Gasteiger partial charge in [0.2, 0.25) is 12.6 Å². The van der Waals surface area contributed by atoms with Crippen LogP contribution in [0.3, 0.4) is 0 Å². The molecule has 130 valence electrons. The number of aromatic nitrogens is 4. The van der Waals surface area contributed by atoms with E-state index in [1.54, 1.807) is 7.05 Å².